The lowest BCUT2D eigenvalue weighted by Crippen LogP contribution is -2.53. The van der Waals surface area contributed by atoms with Gasteiger partial charge in [0.25, 0.3) is 5.91 Å². The molecule has 3 aromatic rings. The normalized spacial score (nSPS) is 18.8. The van der Waals surface area contributed by atoms with E-state index in [0.717, 1.165) is 11.1 Å². The second-order valence-corrected chi connectivity index (χ2v) is 12.6. The van der Waals surface area contributed by atoms with Crippen molar-refractivity contribution in [3.63, 3.8) is 0 Å². The molecule has 0 radical (unpaired) electrons. The Kier molecular flexibility index (Phi) is 10.6. The third kappa shape index (κ3) is 7.56. The lowest BCUT2D eigenvalue weighted by molar-refractivity contribution is -0.141. The number of amides is 3. The first-order chi connectivity index (χ1) is 21.7. The highest BCUT2D eigenvalue weighted by Crippen LogP contribution is 2.36. The summed E-state index contributed by atoms with van der Waals surface area (Å²) < 4.78 is 11.6. The van der Waals surface area contributed by atoms with Crippen LogP contribution in [0.3, 0.4) is 0 Å². The summed E-state index contributed by atoms with van der Waals surface area (Å²) in [6, 6.07) is 20.4. The summed E-state index contributed by atoms with van der Waals surface area (Å²) in [7, 11) is 3.34. The van der Waals surface area contributed by atoms with E-state index < -0.39 is 0 Å². The molecule has 2 heterocycles. The Labute approximate surface area is 274 Å². The SMILES string of the molecule is COc1ccc(OCc2ccccc2)cc1C(=O)N(C)C1CCN(C(=O)C2CCN(C(C)=O)CC2)CC1c1ccc(Cl)c(Cl)c1. The van der Waals surface area contributed by atoms with Gasteiger partial charge in [0.15, 0.2) is 0 Å². The third-order valence-corrected chi connectivity index (χ3v) is 9.76. The Morgan fingerprint density at radius 3 is 2.27 bits per heavy atom. The maximum absolute atomic E-state index is 14.1. The number of likely N-dealkylation sites (N-methyl/N-ethyl adjacent to an activating group) is 1. The minimum atomic E-state index is -0.225. The minimum absolute atomic E-state index is 0.0408. The molecule has 2 fully saturated rings. The van der Waals surface area contributed by atoms with Gasteiger partial charge in [0.1, 0.15) is 18.1 Å². The molecule has 0 bridgehead atoms. The Bertz CT molecular complexity index is 1530. The zero-order chi connectivity index (χ0) is 32.1. The molecule has 0 spiro atoms. The lowest BCUT2D eigenvalue weighted by Gasteiger charge is -2.44. The molecule has 0 aliphatic carbocycles. The quantitative estimate of drug-likeness (QED) is 0.286. The molecule has 10 heteroatoms. The average molecular weight is 653 g/mol. The van der Waals surface area contributed by atoms with E-state index in [4.69, 9.17) is 32.7 Å². The molecular formula is C35H39Cl2N3O5. The van der Waals surface area contributed by atoms with E-state index in [1.54, 1.807) is 55.1 Å². The van der Waals surface area contributed by atoms with Crippen molar-refractivity contribution in [3.05, 3.63) is 93.5 Å². The average Bonchev–Trinajstić information content (AvgIpc) is 3.07. The highest BCUT2D eigenvalue weighted by molar-refractivity contribution is 6.42. The summed E-state index contributed by atoms with van der Waals surface area (Å²) in [6.45, 7) is 4.07. The molecule has 0 saturated carbocycles. The van der Waals surface area contributed by atoms with Crippen LogP contribution in [-0.2, 0) is 16.2 Å². The Morgan fingerprint density at radius 1 is 0.889 bits per heavy atom. The first-order valence-corrected chi connectivity index (χ1v) is 16.0. The van der Waals surface area contributed by atoms with E-state index in [0.29, 0.717) is 79.2 Å². The highest BCUT2D eigenvalue weighted by atomic mass is 35.5. The van der Waals surface area contributed by atoms with Crippen LogP contribution in [0.5, 0.6) is 11.5 Å². The maximum Gasteiger partial charge on any atom is 0.257 e. The number of carbonyl (C=O) groups is 3. The summed E-state index contributed by atoms with van der Waals surface area (Å²) in [6.07, 6.45) is 1.88. The fourth-order valence-corrected chi connectivity index (χ4v) is 6.71. The largest absolute Gasteiger partial charge is 0.496 e. The summed E-state index contributed by atoms with van der Waals surface area (Å²) >= 11 is 12.7. The Morgan fingerprint density at radius 2 is 1.60 bits per heavy atom. The molecule has 8 nitrogen and oxygen atoms in total. The van der Waals surface area contributed by atoms with Crippen LogP contribution in [0, 0.1) is 5.92 Å². The van der Waals surface area contributed by atoms with E-state index in [9.17, 15) is 14.4 Å². The molecule has 2 saturated heterocycles. The van der Waals surface area contributed by atoms with Crippen LogP contribution < -0.4 is 9.47 Å². The van der Waals surface area contributed by atoms with Gasteiger partial charge in [-0.3, -0.25) is 14.4 Å². The van der Waals surface area contributed by atoms with Gasteiger partial charge in [0.05, 0.1) is 22.7 Å². The second kappa shape index (κ2) is 14.6. The summed E-state index contributed by atoms with van der Waals surface area (Å²) in [5, 5.41) is 0.867. The van der Waals surface area contributed by atoms with Gasteiger partial charge < -0.3 is 24.2 Å². The van der Waals surface area contributed by atoms with Crippen LogP contribution in [0.4, 0.5) is 0 Å². The number of likely N-dealkylation sites (tertiary alicyclic amines) is 2. The molecular weight excluding hydrogens is 613 g/mol. The predicted octanol–water partition coefficient (Wildman–Crippen LogP) is 6.30. The Hall–Kier alpha value is -3.75. The molecule has 3 amide bonds. The first-order valence-electron chi connectivity index (χ1n) is 15.3. The maximum atomic E-state index is 14.1. The topological polar surface area (TPSA) is 79.4 Å². The molecule has 2 aliphatic rings. The smallest absolute Gasteiger partial charge is 0.257 e. The highest BCUT2D eigenvalue weighted by Gasteiger charge is 2.39. The van der Waals surface area contributed by atoms with Crippen LogP contribution in [-0.4, -0.2) is 78.8 Å². The number of hydrogen-bond donors (Lipinski definition) is 0. The predicted molar refractivity (Wildman–Crippen MR) is 175 cm³/mol. The van der Waals surface area contributed by atoms with Gasteiger partial charge in [-0.25, -0.2) is 0 Å². The zero-order valence-corrected chi connectivity index (χ0v) is 27.4. The number of methoxy groups -OCH3 is 1. The van der Waals surface area contributed by atoms with Crippen molar-refractivity contribution in [2.45, 2.75) is 44.8 Å². The molecule has 45 heavy (non-hydrogen) atoms. The number of carbonyl (C=O) groups excluding carboxylic acids is 3. The molecule has 2 unspecified atom stereocenters. The van der Waals surface area contributed by atoms with E-state index in [1.807, 2.05) is 47.4 Å². The van der Waals surface area contributed by atoms with Crippen LogP contribution in [0.1, 0.15) is 53.6 Å². The summed E-state index contributed by atoms with van der Waals surface area (Å²) in [4.78, 5) is 45.1. The van der Waals surface area contributed by atoms with Crippen molar-refractivity contribution >= 4 is 40.9 Å². The number of hydrogen-bond acceptors (Lipinski definition) is 5. The van der Waals surface area contributed by atoms with Crippen molar-refractivity contribution in [1.29, 1.82) is 0 Å². The van der Waals surface area contributed by atoms with E-state index in [1.165, 1.54) is 0 Å². The summed E-state index contributed by atoms with van der Waals surface area (Å²) in [5.74, 6) is 0.618. The van der Waals surface area contributed by atoms with Crippen LogP contribution >= 0.6 is 23.2 Å². The number of piperidine rings is 2. The zero-order valence-electron chi connectivity index (χ0n) is 25.9. The standard InChI is InChI=1S/C35H39Cl2N3O5/c1-23(41)39-16-13-25(14-17-39)34(42)40-18-15-32(29(21-40)26-9-11-30(36)31(37)19-26)38(2)35(43)28-20-27(10-12-33(28)44-3)45-22-24-7-5-4-6-8-24/h4-12,19-20,25,29,32H,13-18,21-22H2,1-3H3. The molecule has 0 N–H and O–H groups in total. The van der Waals surface area contributed by atoms with Crippen LogP contribution in [0.15, 0.2) is 66.7 Å². The molecule has 0 aromatic heterocycles. The summed E-state index contributed by atoms with van der Waals surface area (Å²) in [5.41, 5.74) is 2.33. The first kappa shape index (κ1) is 32.6. The molecule has 238 valence electrons. The number of nitrogens with zero attached hydrogens (tertiary/aromatic N) is 3. The van der Waals surface area contributed by atoms with Gasteiger partial charge in [0.2, 0.25) is 11.8 Å². The molecule has 2 aliphatic heterocycles. The van der Waals surface area contributed by atoms with Gasteiger partial charge in [-0.05, 0) is 60.7 Å². The molecule has 3 aromatic carbocycles. The number of halogens is 2. The fraction of sp³-hybridized carbons (Fsp3) is 0.400. The lowest BCUT2D eigenvalue weighted by atomic mass is 9.83. The number of rotatable bonds is 8. The van der Waals surface area contributed by atoms with Crippen LogP contribution in [0.2, 0.25) is 10.0 Å². The fourth-order valence-electron chi connectivity index (χ4n) is 6.40. The van der Waals surface area contributed by atoms with E-state index >= 15 is 0 Å². The van der Waals surface area contributed by atoms with Crippen molar-refractivity contribution in [2.24, 2.45) is 5.92 Å². The van der Waals surface area contributed by atoms with Crippen molar-refractivity contribution in [3.8, 4) is 11.5 Å². The number of ether oxygens (including phenoxy) is 2. The van der Waals surface area contributed by atoms with Gasteiger partial charge >= 0.3 is 0 Å². The molecule has 2 atom stereocenters. The van der Waals surface area contributed by atoms with Crippen molar-refractivity contribution < 1.29 is 23.9 Å². The van der Waals surface area contributed by atoms with Gasteiger partial charge in [-0.2, -0.15) is 0 Å². The van der Waals surface area contributed by atoms with Crippen molar-refractivity contribution in [1.82, 2.24) is 14.7 Å². The van der Waals surface area contributed by atoms with Gasteiger partial charge in [-0.1, -0.05) is 59.6 Å². The Balaban J connectivity index is 1.37. The second-order valence-electron chi connectivity index (χ2n) is 11.8. The van der Waals surface area contributed by atoms with E-state index in [-0.39, 0.29) is 35.6 Å². The third-order valence-electron chi connectivity index (χ3n) is 9.02. The van der Waals surface area contributed by atoms with Crippen LogP contribution in [0.25, 0.3) is 0 Å². The monoisotopic (exact) mass is 651 g/mol. The van der Waals surface area contributed by atoms with E-state index in [2.05, 4.69) is 0 Å². The number of benzene rings is 3. The minimum Gasteiger partial charge on any atom is -0.496 e. The van der Waals surface area contributed by atoms with Gasteiger partial charge in [0, 0.05) is 58.0 Å². The van der Waals surface area contributed by atoms with Crippen molar-refractivity contribution in [2.75, 3.05) is 40.3 Å². The van der Waals surface area contributed by atoms with Gasteiger partial charge in [-0.15, -0.1) is 0 Å². The molecule has 5 rings (SSSR count).